The lowest BCUT2D eigenvalue weighted by Crippen LogP contribution is -2.05. The standard InChI is InChI=1S/C16H12F3N5/c17-16(18,19)11-3-1-2-9(6-11)14-13(15(21)24-8-23-14)10-4-5-12(20)22-7-10/h1-8H,(H2,20,22)(H2,21,23,24). The molecule has 0 aliphatic heterocycles. The van der Waals surface area contributed by atoms with Crippen LogP contribution < -0.4 is 11.5 Å². The van der Waals surface area contributed by atoms with Gasteiger partial charge in [0.2, 0.25) is 0 Å². The van der Waals surface area contributed by atoms with Gasteiger partial charge in [-0.15, -0.1) is 0 Å². The summed E-state index contributed by atoms with van der Waals surface area (Å²) < 4.78 is 38.8. The zero-order chi connectivity index (χ0) is 17.3. The first-order valence-electron chi connectivity index (χ1n) is 6.86. The molecule has 0 spiro atoms. The van der Waals surface area contributed by atoms with Gasteiger partial charge in [-0.3, -0.25) is 0 Å². The van der Waals surface area contributed by atoms with Crippen LogP contribution in [0.25, 0.3) is 22.4 Å². The SMILES string of the molecule is Nc1ccc(-c2c(N)ncnc2-c2cccc(C(F)(F)F)c2)cn1. The highest BCUT2D eigenvalue weighted by Crippen LogP contribution is 2.36. The Morgan fingerprint density at radius 1 is 0.875 bits per heavy atom. The quantitative estimate of drug-likeness (QED) is 0.751. The maximum Gasteiger partial charge on any atom is 0.416 e. The van der Waals surface area contributed by atoms with Crippen LogP contribution in [0.1, 0.15) is 5.56 Å². The van der Waals surface area contributed by atoms with Gasteiger partial charge in [0.05, 0.1) is 16.8 Å². The van der Waals surface area contributed by atoms with Crippen LogP contribution in [0.3, 0.4) is 0 Å². The molecule has 0 fully saturated rings. The first kappa shape index (κ1) is 15.7. The predicted octanol–water partition coefficient (Wildman–Crippen LogP) is 3.39. The molecule has 3 aromatic rings. The summed E-state index contributed by atoms with van der Waals surface area (Å²) >= 11 is 0. The van der Waals surface area contributed by atoms with E-state index in [2.05, 4.69) is 15.0 Å². The molecule has 2 heterocycles. The number of pyridine rings is 1. The van der Waals surface area contributed by atoms with Crippen LogP contribution in [0.4, 0.5) is 24.8 Å². The number of benzene rings is 1. The molecule has 0 bridgehead atoms. The number of nitrogen functional groups attached to an aromatic ring is 2. The number of hydrogen-bond donors (Lipinski definition) is 2. The van der Waals surface area contributed by atoms with Crippen LogP contribution in [-0.4, -0.2) is 15.0 Å². The van der Waals surface area contributed by atoms with Gasteiger partial charge in [0.25, 0.3) is 0 Å². The van der Waals surface area contributed by atoms with Crippen molar-refractivity contribution in [2.75, 3.05) is 11.5 Å². The van der Waals surface area contributed by atoms with E-state index in [-0.39, 0.29) is 11.4 Å². The largest absolute Gasteiger partial charge is 0.416 e. The van der Waals surface area contributed by atoms with Gasteiger partial charge in [0.1, 0.15) is 18.0 Å². The smallest absolute Gasteiger partial charge is 0.384 e. The summed E-state index contributed by atoms with van der Waals surface area (Å²) in [5, 5.41) is 0. The van der Waals surface area contributed by atoms with E-state index < -0.39 is 11.7 Å². The molecule has 3 rings (SSSR count). The van der Waals surface area contributed by atoms with Gasteiger partial charge in [0, 0.05) is 17.3 Å². The Morgan fingerprint density at radius 2 is 1.67 bits per heavy atom. The number of aromatic nitrogens is 3. The van der Waals surface area contributed by atoms with Crippen LogP contribution in [0.5, 0.6) is 0 Å². The molecule has 0 radical (unpaired) electrons. The second kappa shape index (κ2) is 5.80. The molecule has 0 amide bonds. The van der Waals surface area contributed by atoms with Gasteiger partial charge >= 0.3 is 6.18 Å². The van der Waals surface area contributed by atoms with Crippen molar-refractivity contribution in [3.63, 3.8) is 0 Å². The van der Waals surface area contributed by atoms with E-state index in [1.807, 2.05) is 0 Å². The lowest BCUT2D eigenvalue weighted by molar-refractivity contribution is -0.137. The molecule has 5 nitrogen and oxygen atoms in total. The van der Waals surface area contributed by atoms with Gasteiger partial charge in [0.15, 0.2) is 0 Å². The minimum absolute atomic E-state index is 0.143. The Bertz CT molecular complexity index is 876. The molecule has 8 heteroatoms. The first-order valence-corrected chi connectivity index (χ1v) is 6.86. The third-order valence-electron chi connectivity index (χ3n) is 3.41. The van der Waals surface area contributed by atoms with Gasteiger partial charge in [-0.05, 0) is 24.3 Å². The predicted molar refractivity (Wildman–Crippen MR) is 84.5 cm³/mol. The molecule has 0 atom stereocenters. The van der Waals surface area contributed by atoms with Crippen molar-refractivity contribution in [3.8, 4) is 22.4 Å². The first-order chi connectivity index (χ1) is 11.4. The number of hydrogen-bond acceptors (Lipinski definition) is 5. The minimum atomic E-state index is -4.45. The van der Waals surface area contributed by atoms with Crippen LogP contribution in [0.2, 0.25) is 0 Å². The van der Waals surface area contributed by atoms with Gasteiger partial charge in [-0.2, -0.15) is 13.2 Å². The van der Waals surface area contributed by atoms with E-state index in [9.17, 15) is 13.2 Å². The second-order valence-electron chi connectivity index (χ2n) is 5.03. The molecule has 0 unspecified atom stereocenters. The van der Waals surface area contributed by atoms with Crippen molar-refractivity contribution in [1.29, 1.82) is 0 Å². The summed E-state index contributed by atoms with van der Waals surface area (Å²) in [7, 11) is 0. The van der Waals surface area contributed by atoms with Crippen LogP contribution in [0.15, 0.2) is 48.9 Å². The average molecular weight is 331 g/mol. The summed E-state index contributed by atoms with van der Waals surface area (Å²) in [5.74, 6) is 0.457. The van der Waals surface area contributed by atoms with Crippen molar-refractivity contribution in [2.24, 2.45) is 0 Å². The Balaban J connectivity index is 2.19. The normalized spacial score (nSPS) is 11.5. The molecule has 0 saturated heterocycles. The molecule has 0 aliphatic carbocycles. The monoisotopic (exact) mass is 331 g/mol. The van der Waals surface area contributed by atoms with Gasteiger partial charge in [-0.25, -0.2) is 15.0 Å². The third-order valence-corrected chi connectivity index (χ3v) is 3.41. The topological polar surface area (TPSA) is 90.7 Å². The average Bonchev–Trinajstić information content (AvgIpc) is 2.55. The van der Waals surface area contributed by atoms with Crippen LogP contribution >= 0.6 is 0 Å². The van der Waals surface area contributed by atoms with E-state index in [1.165, 1.54) is 24.7 Å². The fraction of sp³-hybridized carbons (Fsp3) is 0.0625. The van der Waals surface area contributed by atoms with E-state index in [1.54, 1.807) is 12.1 Å². The highest BCUT2D eigenvalue weighted by atomic mass is 19.4. The highest BCUT2D eigenvalue weighted by Gasteiger charge is 2.30. The number of anilines is 2. The molecule has 0 saturated carbocycles. The Kier molecular flexibility index (Phi) is 3.80. The zero-order valence-electron chi connectivity index (χ0n) is 12.2. The Morgan fingerprint density at radius 3 is 2.33 bits per heavy atom. The van der Waals surface area contributed by atoms with E-state index in [4.69, 9.17) is 11.5 Å². The molecule has 24 heavy (non-hydrogen) atoms. The third kappa shape index (κ3) is 2.98. The molecule has 2 aromatic heterocycles. The van der Waals surface area contributed by atoms with E-state index >= 15 is 0 Å². The molecule has 0 aliphatic rings. The number of rotatable bonds is 2. The van der Waals surface area contributed by atoms with Crippen molar-refractivity contribution in [1.82, 2.24) is 15.0 Å². The molecule has 122 valence electrons. The molecular formula is C16H12F3N5. The Labute approximate surface area is 135 Å². The summed E-state index contributed by atoms with van der Waals surface area (Å²) in [6, 6.07) is 8.10. The lowest BCUT2D eigenvalue weighted by atomic mass is 9.99. The maximum atomic E-state index is 12.9. The van der Waals surface area contributed by atoms with Crippen LogP contribution in [-0.2, 0) is 6.18 Å². The fourth-order valence-electron chi connectivity index (χ4n) is 2.30. The summed E-state index contributed by atoms with van der Waals surface area (Å²) in [4.78, 5) is 12.0. The lowest BCUT2D eigenvalue weighted by Gasteiger charge is -2.13. The number of halogens is 3. The fourth-order valence-corrected chi connectivity index (χ4v) is 2.30. The van der Waals surface area contributed by atoms with Crippen molar-refractivity contribution < 1.29 is 13.2 Å². The Hall–Kier alpha value is -3.16. The molecular weight excluding hydrogens is 319 g/mol. The number of nitrogens with two attached hydrogens (primary N) is 2. The molecule has 1 aromatic carbocycles. The number of nitrogens with zero attached hydrogens (tertiary/aromatic N) is 3. The summed E-state index contributed by atoms with van der Waals surface area (Å²) in [6.07, 6.45) is -1.77. The van der Waals surface area contributed by atoms with Crippen LogP contribution in [0, 0.1) is 0 Å². The number of alkyl halides is 3. The van der Waals surface area contributed by atoms with Crippen molar-refractivity contribution in [2.45, 2.75) is 6.18 Å². The van der Waals surface area contributed by atoms with Gasteiger partial charge in [-0.1, -0.05) is 12.1 Å². The van der Waals surface area contributed by atoms with Gasteiger partial charge < -0.3 is 11.5 Å². The zero-order valence-corrected chi connectivity index (χ0v) is 12.2. The van der Waals surface area contributed by atoms with E-state index in [0.29, 0.717) is 22.6 Å². The summed E-state index contributed by atoms with van der Waals surface area (Å²) in [5.41, 5.74) is 12.3. The van der Waals surface area contributed by atoms with Crippen molar-refractivity contribution >= 4 is 11.6 Å². The summed E-state index contributed by atoms with van der Waals surface area (Å²) in [6.45, 7) is 0. The van der Waals surface area contributed by atoms with E-state index in [0.717, 1.165) is 12.1 Å². The molecule has 4 N–H and O–H groups in total. The minimum Gasteiger partial charge on any atom is -0.384 e. The highest BCUT2D eigenvalue weighted by molar-refractivity contribution is 5.87. The maximum absolute atomic E-state index is 12.9. The second-order valence-corrected chi connectivity index (χ2v) is 5.03. The van der Waals surface area contributed by atoms with Crippen molar-refractivity contribution in [3.05, 3.63) is 54.5 Å².